The average molecular weight is 288 g/mol. The van der Waals surface area contributed by atoms with Gasteiger partial charge in [-0.3, -0.25) is 0 Å². The van der Waals surface area contributed by atoms with Crippen molar-refractivity contribution < 1.29 is 17.9 Å². The van der Waals surface area contributed by atoms with E-state index in [1.165, 1.54) is 20.4 Å². The van der Waals surface area contributed by atoms with E-state index in [1.807, 2.05) is 0 Å². The quantitative estimate of drug-likeness (QED) is 0.681. The van der Waals surface area contributed by atoms with E-state index in [4.69, 9.17) is 0 Å². The zero-order valence-electron chi connectivity index (χ0n) is 10.9. The van der Waals surface area contributed by atoms with E-state index in [0.717, 1.165) is 0 Å². The molecule has 0 fully saturated rings. The number of ether oxygens (including phenoxy) is 1. The summed E-state index contributed by atoms with van der Waals surface area (Å²) in [5.41, 5.74) is 0.162. The summed E-state index contributed by atoms with van der Waals surface area (Å²) < 4.78 is 29.3. The molecule has 2 N–H and O–H groups in total. The van der Waals surface area contributed by atoms with Crippen LogP contribution < -0.4 is 10.0 Å². The first-order valence-corrected chi connectivity index (χ1v) is 7.12. The maximum atomic E-state index is 11.5. The Hall–Kier alpha value is -1.74. The molecule has 1 rings (SSSR count). The van der Waals surface area contributed by atoms with Gasteiger partial charge in [0.15, 0.2) is 0 Å². The number of carbonyl (C=O) groups excluding carboxylic acids is 1. The molecular weight excluding hydrogens is 272 g/mol. The lowest BCUT2D eigenvalue weighted by molar-refractivity contribution is 0.0601. The van der Waals surface area contributed by atoms with Gasteiger partial charge in [0, 0.05) is 12.7 Å². The second kappa shape index (κ2) is 6.43. The van der Waals surface area contributed by atoms with Crippen LogP contribution >= 0.6 is 0 Å². The summed E-state index contributed by atoms with van der Waals surface area (Å²) >= 11 is 0. The van der Waals surface area contributed by atoms with Crippen LogP contribution in [-0.4, -0.2) is 50.8 Å². The molecule has 1 heterocycles. The van der Waals surface area contributed by atoms with E-state index in [-0.39, 0.29) is 23.7 Å². The number of hydrogen-bond acceptors (Lipinski definition) is 7. The van der Waals surface area contributed by atoms with Gasteiger partial charge in [-0.05, 0) is 14.0 Å². The number of nitrogens with one attached hydrogen (secondary N) is 2. The molecule has 0 aliphatic carbocycles. The predicted molar refractivity (Wildman–Crippen MR) is 69.4 cm³/mol. The number of esters is 1. The van der Waals surface area contributed by atoms with Gasteiger partial charge in [-0.15, -0.1) is 0 Å². The van der Waals surface area contributed by atoms with Crippen LogP contribution in [0.5, 0.6) is 0 Å². The number of aryl methyl sites for hydroxylation is 1. The van der Waals surface area contributed by atoms with Crippen molar-refractivity contribution in [2.45, 2.75) is 6.92 Å². The van der Waals surface area contributed by atoms with Gasteiger partial charge in [-0.25, -0.2) is 27.9 Å². The standard InChI is InChI=1S/C10H16N4O4S/c1-7-13-6-8(10(15)18-3)9(14-7)12-4-5-19(16,17)11-2/h6,11H,4-5H2,1-3H3,(H,12,13,14). The van der Waals surface area contributed by atoms with Crippen LogP contribution in [0.1, 0.15) is 16.2 Å². The molecule has 1 aromatic rings. The van der Waals surface area contributed by atoms with Crippen LogP contribution in [0.4, 0.5) is 5.82 Å². The molecule has 1 aromatic heterocycles. The fraction of sp³-hybridized carbons (Fsp3) is 0.500. The van der Waals surface area contributed by atoms with Gasteiger partial charge < -0.3 is 10.1 Å². The third-order valence-electron chi connectivity index (χ3n) is 2.29. The van der Waals surface area contributed by atoms with Crippen LogP contribution in [0.2, 0.25) is 0 Å². The maximum Gasteiger partial charge on any atom is 0.343 e. The highest BCUT2D eigenvalue weighted by Gasteiger charge is 2.15. The van der Waals surface area contributed by atoms with Crippen molar-refractivity contribution in [1.82, 2.24) is 14.7 Å². The zero-order valence-corrected chi connectivity index (χ0v) is 11.7. The maximum absolute atomic E-state index is 11.5. The number of methoxy groups -OCH3 is 1. The van der Waals surface area contributed by atoms with Gasteiger partial charge in [-0.2, -0.15) is 0 Å². The van der Waals surface area contributed by atoms with Crippen molar-refractivity contribution in [3.8, 4) is 0 Å². The molecule has 0 unspecified atom stereocenters. The van der Waals surface area contributed by atoms with Gasteiger partial charge in [0.1, 0.15) is 17.2 Å². The molecular formula is C10H16N4O4S. The Morgan fingerprint density at radius 3 is 2.74 bits per heavy atom. The van der Waals surface area contributed by atoms with Gasteiger partial charge in [0.05, 0.1) is 12.9 Å². The molecule has 0 aliphatic rings. The number of carbonyl (C=O) groups is 1. The molecule has 0 saturated carbocycles. The lowest BCUT2D eigenvalue weighted by Gasteiger charge is -2.10. The molecule has 0 aliphatic heterocycles. The van der Waals surface area contributed by atoms with Crippen molar-refractivity contribution >= 4 is 21.8 Å². The van der Waals surface area contributed by atoms with E-state index in [2.05, 4.69) is 24.7 Å². The molecule has 0 bridgehead atoms. The van der Waals surface area contributed by atoms with Crippen LogP contribution in [0.15, 0.2) is 6.20 Å². The number of anilines is 1. The second-order valence-electron chi connectivity index (χ2n) is 3.62. The van der Waals surface area contributed by atoms with Crippen LogP contribution in [0, 0.1) is 6.92 Å². The first kappa shape index (κ1) is 15.3. The highest BCUT2D eigenvalue weighted by atomic mass is 32.2. The number of hydrogen-bond donors (Lipinski definition) is 2. The lowest BCUT2D eigenvalue weighted by atomic mass is 10.3. The lowest BCUT2D eigenvalue weighted by Crippen LogP contribution is -2.27. The van der Waals surface area contributed by atoms with Crippen molar-refractivity contribution in [2.24, 2.45) is 0 Å². The van der Waals surface area contributed by atoms with E-state index >= 15 is 0 Å². The van der Waals surface area contributed by atoms with Gasteiger partial charge in [-0.1, -0.05) is 0 Å². The number of nitrogens with zero attached hydrogens (tertiary/aromatic N) is 2. The summed E-state index contributed by atoms with van der Waals surface area (Å²) in [6, 6.07) is 0. The second-order valence-corrected chi connectivity index (χ2v) is 5.67. The predicted octanol–water partition coefficient (Wildman–Crippen LogP) is -0.467. The summed E-state index contributed by atoms with van der Waals surface area (Å²) in [4.78, 5) is 19.4. The Bertz CT molecular complexity index is 559. The molecule has 0 aromatic carbocycles. The average Bonchev–Trinajstić information content (AvgIpc) is 2.38. The summed E-state index contributed by atoms with van der Waals surface area (Å²) in [6.07, 6.45) is 1.34. The Morgan fingerprint density at radius 2 is 2.16 bits per heavy atom. The van der Waals surface area contributed by atoms with Crippen LogP contribution in [0.3, 0.4) is 0 Å². The minimum absolute atomic E-state index is 0.115. The minimum Gasteiger partial charge on any atom is -0.465 e. The van der Waals surface area contributed by atoms with E-state index in [9.17, 15) is 13.2 Å². The first-order valence-electron chi connectivity index (χ1n) is 5.46. The number of aromatic nitrogens is 2. The Morgan fingerprint density at radius 1 is 1.47 bits per heavy atom. The summed E-state index contributed by atoms with van der Waals surface area (Å²) in [5, 5.41) is 2.79. The van der Waals surface area contributed by atoms with Crippen molar-refractivity contribution in [3.63, 3.8) is 0 Å². The fourth-order valence-corrected chi connectivity index (χ4v) is 1.84. The van der Waals surface area contributed by atoms with Crippen molar-refractivity contribution in [3.05, 3.63) is 17.6 Å². The van der Waals surface area contributed by atoms with E-state index in [1.54, 1.807) is 6.92 Å². The summed E-state index contributed by atoms with van der Waals surface area (Å²) in [7, 11) is -0.726. The number of sulfonamides is 1. The molecule has 9 heteroatoms. The minimum atomic E-state index is -3.31. The Labute approximate surface area is 111 Å². The fourth-order valence-electron chi connectivity index (χ4n) is 1.27. The molecule has 0 radical (unpaired) electrons. The van der Waals surface area contributed by atoms with Crippen molar-refractivity contribution in [1.29, 1.82) is 0 Å². The monoisotopic (exact) mass is 288 g/mol. The van der Waals surface area contributed by atoms with Gasteiger partial charge in [0.25, 0.3) is 0 Å². The van der Waals surface area contributed by atoms with E-state index < -0.39 is 16.0 Å². The highest BCUT2D eigenvalue weighted by molar-refractivity contribution is 7.89. The SMILES string of the molecule is CNS(=O)(=O)CCNc1nc(C)ncc1C(=O)OC. The van der Waals surface area contributed by atoms with Gasteiger partial charge in [0.2, 0.25) is 10.0 Å². The number of rotatable bonds is 6. The molecule has 0 spiro atoms. The molecule has 0 amide bonds. The highest BCUT2D eigenvalue weighted by Crippen LogP contribution is 2.12. The third-order valence-corrected chi connectivity index (χ3v) is 3.65. The van der Waals surface area contributed by atoms with E-state index in [0.29, 0.717) is 5.82 Å². The smallest absolute Gasteiger partial charge is 0.343 e. The molecule has 0 atom stereocenters. The van der Waals surface area contributed by atoms with Gasteiger partial charge >= 0.3 is 5.97 Å². The molecule has 8 nitrogen and oxygen atoms in total. The van der Waals surface area contributed by atoms with Crippen LogP contribution in [-0.2, 0) is 14.8 Å². The van der Waals surface area contributed by atoms with Crippen molar-refractivity contribution in [2.75, 3.05) is 31.8 Å². The summed E-state index contributed by atoms with van der Waals surface area (Å²) in [6.45, 7) is 1.78. The normalized spacial score (nSPS) is 11.1. The topological polar surface area (TPSA) is 110 Å². The molecule has 0 saturated heterocycles. The largest absolute Gasteiger partial charge is 0.465 e. The Kier molecular flexibility index (Phi) is 5.19. The zero-order chi connectivity index (χ0) is 14.5. The molecule has 106 valence electrons. The summed E-state index contributed by atoms with van der Waals surface area (Å²) in [5.74, 6) is 0.00364. The first-order chi connectivity index (χ1) is 8.89. The Balaban J connectivity index is 2.82. The molecule has 19 heavy (non-hydrogen) atoms. The van der Waals surface area contributed by atoms with Crippen LogP contribution in [0.25, 0.3) is 0 Å². The third kappa shape index (κ3) is 4.45.